The molecule has 0 aliphatic carbocycles. The summed E-state index contributed by atoms with van der Waals surface area (Å²) in [5, 5.41) is 2.92. The van der Waals surface area contributed by atoms with E-state index in [1.165, 1.54) is 0 Å². The van der Waals surface area contributed by atoms with Crippen LogP contribution in [0, 0.1) is 5.92 Å². The van der Waals surface area contributed by atoms with Crippen LogP contribution in [0.1, 0.15) is 25.8 Å². The minimum Gasteiger partial charge on any atom is -0.493 e. The molecule has 1 aromatic rings. The van der Waals surface area contributed by atoms with Crippen LogP contribution in [0.3, 0.4) is 0 Å². The summed E-state index contributed by atoms with van der Waals surface area (Å²) < 4.78 is 10.4. The lowest BCUT2D eigenvalue weighted by Gasteiger charge is -2.10. The smallest absolute Gasteiger partial charge is 0.224 e. The molecule has 0 aliphatic heterocycles. The van der Waals surface area contributed by atoms with Crippen LogP contribution in [0.2, 0.25) is 0 Å². The van der Waals surface area contributed by atoms with Crippen molar-refractivity contribution >= 4 is 5.91 Å². The SMILES string of the molecule is COc1ccc(CC(=O)NCCC(C)C)cc1OC. The maximum atomic E-state index is 11.8. The van der Waals surface area contributed by atoms with Gasteiger partial charge in [0.2, 0.25) is 5.91 Å². The van der Waals surface area contributed by atoms with Crippen LogP contribution in [0.25, 0.3) is 0 Å². The number of carbonyl (C=O) groups excluding carboxylic acids is 1. The van der Waals surface area contributed by atoms with E-state index in [1.54, 1.807) is 14.2 Å². The van der Waals surface area contributed by atoms with Crippen molar-refractivity contribution in [1.29, 1.82) is 0 Å². The van der Waals surface area contributed by atoms with Gasteiger partial charge in [-0.15, -0.1) is 0 Å². The molecule has 0 radical (unpaired) electrons. The second-order valence-electron chi connectivity index (χ2n) is 4.90. The molecule has 1 amide bonds. The maximum absolute atomic E-state index is 11.8. The molecule has 0 bridgehead atoms. The summed E-state index contributed by atoms with van der Waals surface area (Å²) in [6.45, 7) is 5.00. The van der Waals surface area contributed by atoms with Crippen LogP contribution < -0.4 is 14.8 Å². The number of benzene rings is 1. The molecule has 0 fully saturated rings. The highest BCUT2D eigenvalue weighted by Gasteiger charge is 2.08. The molecule has 0 atom stereocenters. The number of amides is 1. The summed E-state index contributed by atoms with van der Waals surface area (Å²) in [4.78, 5) is 11.8. The van der Waals surface area contributed by atoms with Gasteiger partial charge in [-0.2, -0.15) is 0 Å². The van der Waals surface area contributed by atoms with Gasteiger partial charge in [-0.1, -0.05) is 19.9 Å². The van der Waals surface area contributed by atoms with Gasteiger partial charge in [0.05, 0.1) is 20.6 Å². The predicted molar refractivity (Wildman–Crippen MR) is 75.7 cm³/mol. The van der Waals surface area contributed by atoms with Crippen molar-refractivity contribution in [3.8, 4) is 11.5 Å². The molecule has 0 saturated heterocycles. The highest BCUT2D eigenvalue weighted by atomic mass is 16.5. The summed E-state index contributed by atoms with van der Waals surface area (Å²) >= 11 is 0. The molecule has 0 spiro atoms. The van der Waals surface area contributed by atoms with Gasteiger partial charge in [-0.25, -0.2) is 0 Å². The Morgan fingerprint density at radius 3 is 2.47 bits per heavy atom. The van der Waals surface area contributed by atoms with Gasteiger partial charge < -0.3 is 14.8 Å². The van der Waals surface area contributed by atoms with Gasteiger partial charge in [-0.3, -0.25) is 4.79 Å². The maximum Gasteiger partial charge on any atom is 0.224 e. The molecular weight excluding hydrogens is 242 g/mol. The number of nitrogens with one attached hydrogen (secondary N) is 1. The Morgan fingerprint density at radius 1 is 1.21 bits per heavy atom. The predicted octanol–water partition coefficient (Wildman–Crippen LogP) is 2.41. The third-order valence-corrected chi connectivity index (χ3v) is 2.86. The Labute approximate surface area is 115 Å². The zero-order chi connectivity index (χ0) is 14.3. The largest absolute Gasteiger partial charge is 0.493 e. The number of hydrogen-bond acceptors (Lipinski definition) is 3. The van der Waals surface area contributed by atoms with E-state index in [2.05, 4.69) is 19.2 Å². The lowest BCUT2D eigenvalue weighted by atomic mass is 10.1. The monoisotopic (exact) mass is 265 g/mol. The van der Waals surface area contributed by atoms with Gasteiger partial charge >= 0.3 is 0 Å². The Morgan fingerprint density at radius 2 is 1.89 bits per heavy atom. The van der Waals surface area contributed by atoms with Crippen LogP contribution >= 0.6 is 0 Å². The minimum absolute atomic E-state index is 0.0351. The van der Waals surface area contributed by atoms with E-state index in [4.69, 9.17) is 9.47 Å². The summed E-state index contributed by atoms with van der Waals surface area (Å²) in [7, 11) is 3.18. The first-order chi connectivity index (χ1) is 9.06. The molecule has 4 heteroatoms. The van der Waals surface area contributed by atoms with Crippen LogP contribution in [-0.2, 0) is 11.2 Å². The second kappa shape index (κ2) is 7.67. The molecule has 0 unspecified atom stereocenters. The summed E-state index contributed by atoms with van der Waals surface area (Å²) in [6.07, 6.45) is 1.36. The highest BCUT2D eigenvalue weighted by Crippen LogP contribution is 2.27. The van der Waals surface area contributed by atoms with Crippen LogP contribution in [0.4, 0.5) is 0 Å². The lowest BCUT2D eigenvalue weighted by molar-refractivity contribution is -0.120. The van der Waals surface area contributed by atoms with Gasteiger partial charge in [0, 0.05) is 6.54 Å². The zero-order valence-electron chi connectivity index (χ0n) is 12.2. The fourth-order valence-electron chi connectivity index (χ4n) is 1.74. The lowest BCUT2D eigenvalue weighted by Crippen LogP contribution is -2.26. The van der Waals surface area contributed by atoms with Crippen molar-refractivity contribution in [3.63, 3.8) is 0 Å². The second-order valence-corrected chi connectivity index (χ2v) is 4.90. The fourth-order valence-corrected chi connectivity index (χ4v) is 1.74. The van der Waals surface area contributed by atoms with E-state index in [9.17, 15) is 4.79 Å². The van der Waals surface area contributed by atoms with Crippen molar-refractivity contribution in [2.45, 2.75) is 26.7 Å². The average Bonchev–Trinajstić information content (AvgIpc) is 2.38. The highest BCUT2D eigenvalue weighted by molar-refractivity contribution is 5.78. The molecular formula is C15H23NO3. The van der Waals surface area contributed by atoms with Crippen molar-refractivity contribution in [1.82, 2.24) is 5.32 Å². The first-order valence-corrected chi connectivity index (χ1v) is 6.54. The van der Waals surface area contributed by atoms with E-state index < -0.39 is 0 Å². The molecule has 19 heavy (non-hydrogen) atoms. The third kappa shape index (κ3) is 5.20. The van der Waals surface area contributed by atoms with Crippen molar-refractivity contribution in [2.24, 2.45) is 5.92 Å². The minimum atomic E-state index is 0.0351. The summed E-state index contributed by atoms with van der Waals surface area (Å²) in [6, 6.07) is 5.53. The molecule has 1 N–H and O–H groups in total. The molecule has 4 nitrogen and oxygen atoms in total. The van der Waals surface area contributed by atoms with E-state index in [1.807, 2.05) is 18.2 Å². The van der Waals surface area contributed by atoms with E-state index in [-0.39, 0.29) is 5.91 Å². The molecule has 0 aromatic heterocycles. The quantitative estimate of drug-likeness (QED) is 0.823. The number of ether oxygens (including phenoxy) is 2. The van der Waals surface area contributed by atoms with Crippen molar-refractivity contribution < 1.29 is 14.3 Å². The molecule has 0 aliphatic rings. The molecule has 0 saturated carbocycles. The number of hydrogen-bond donors (Lipinski definition) is 1. The van der Waals surface area contributed by atoms with Crippen LogP contribution in [-0.4, -0.2) is 26.7 Å². The van der Waals surface area contributed by atoms with Crippen LogP contribution in [0.15, 0.2) is 18.2 Å². The average molecular weight is 265 g/mol. The topological polar surface area (TPSA) is 47.6 Å². The van der Waals surface area contributed by atoms with Gasteiger partial charge in [0.1, 0.15) is 0 Å². The van der Waals surface area contributed by atoms with E-state index in [0.29, 0.717) is 23.8 Å². The van der Waals surface area contributed by atoms with Crippen molar-refractivity contribution in [2.75, 3.05) is 20.8 Å². The van der Waals surface area contributed by atoms with E-state index in [0.717, 1.165) is 18.5 Å². The fraction of sp³-hybridized carbons (Fsp3) is 0.533. The first-order valence-electron chi connectivity index (χ1n) is 6.54. The summed E-state index contributed by atoms with van der Waals surface area (Å²) in [5.74, 6) is 1.95. The molecule has 0 heterocycles. The zero-order valence-corrected chi connectivity index (χ0v) is 12.2. The van der Waals surface area contributed by atoms with E-state index >= 15 is 0 Å². The normalized spacial score (nSPS) is 10.4. The first kappa shape index (κ1) is 15.3. The van der Waals surface area contributed by atoms with Crippen molar-refractivity contribution in [3.05, 3.63) is 23.8 Å². The summed E-state index contributed by atoms with van der Waals surface area (Å²) in [5.41, 5.74) is 0.916. The molecule has 1 aromatic carbocycles. The third-order valence-electron chi connectivity index (χ3n) is 2.86. The van der Waals surface area contributed by atoms with Gasteiger partial charge in [0.15, 0.2) is 11.5 Å². The Balaban J connectivity index is 2.54. The molecule has 1 rings (SSSR count). The van der Waals surface area contributed by atoms with Gasteiger partial charge in [-0.05, 0) is 30.0 Å². The van der Waals surface area contributed by atoms with Gasteiger partial charge in [0.25, 0.3) is 0 Å². The molecule has 106 valence electrons. The number of rotatable bonds is 7. The van der Waals surface area contributed by atoms with Crippen LogP contribution in [0.5, 0.6) is 11.5 Å². The number of carbonyl (C=O) groups is 1. The Hall–Kier alpha value is -1.71. The standard InChI is InChI=1S/C15H23NO3/c1-11(2)7-8-16-15(17)10-12-5-6-13(18-3)14(9-12)19-4/h5-6,9,11H,7-8,10H2,1-4H3,(H,16,17). The Bertz CT molecular complexity index is 416. The Kier molecular flexibility index (Phi) is 6.19. The number of methoxy groups -OCH3 is 2.